The lowest BCUT2D eigenvalue weighted by Crippen LogP contribution is -2.32. The Morgan fingerprint density at radius 1 is 1.20 bits per heavy atom. The monoisotopic (exact) mass is 299 g/mol. The Hall–Kier alpha value is -1.24. The number of hydrogen-bond acceptors (Lipinski definition) is 7. The van der Waals surface area contributed by atoms with Crippen molar-refractivity contribution in [2.75, 3.05) is 30.5 Å². The van der Waals surface area contributed by atoms with Crippen LogP contribution in [0.4, 0.5) is 11.9 Å². The quantitative estimate of drug-likeness (QED) is 0.724. The largest absolute Gasteiger partial charge is 0.463 e. The molecule has 0 aliphatic rings. The highest BCUT2D eigenvalue weighted by Gasteiger charge is 2.25. The van der Waals surface area contributed by atoms with Gasteiger partial charge in [-0.05, 0) is 25.5 Å². The number of nitrogen functional groups attached to an aromatic ring is 1. The summed E-state index contributed by atoms with van der Waals surface area (Å²) in [6.45, 7) is 7.77. The zero-order valence-electron chi connectivity index (χ0n) is 12.8. The Labute approximate surface area is 125 Å². The number of hydrogen-bond donors (Lipinski definition) is 2. The topological polar surface area (TPSA) is 86.0 Å². The number of anilines is 2. The van der Waals surface area contributed by atoms with Gasteiger partial charge in [-0.25, -0.2) is 0 Å². The summed E-state index contributed by atoms with van der Waals surface area (Å²) < 4.78 is 5.59. The molecule has 1 aromatic rings. The minimum atomic E-state index is 0.177. The molecular formula is C13H25N5OS. The van der Waals surface area contributed by atoms with E-state index in [0.717, 1.165) is 25.8 Å². The standard InChI is InChI=1S/C13H25N5OS/c1-5-8-19-12-17-10(14)16-11(18-12)15-9-13(6-2,7-3)20-4/h5-9H2,1-4H3,(H3,14,15,16,17,18). The summed E-state index contributed by atoms with van der Waals surface area (Å²) in [4.78, 5) is 12.3. The summed E-state index contributed by atoms with van der Waals surface area (Å²) in [5.74, 6) is 0.653. The van der Waals surface area contributed by atoms with Crippen LogP contribution in [0.3, 0.4) is 0 Å². The van der Waals surface area contributed by atoms with E-state index in [9.17, 15) is 0 Å². The molecule has 3 N–H and O–H groups in total. The lowest BCUT2D eigenvalue weighted by Gasteiger charge is -2.29. The Morgan fingerprint density at radius 3 is 2.45 bits per heavy atom. The van der Waals surface area contributed by atoms with Gasteiger partial charge < -0.3 is 15.8 Å². The summed E-state index contributed by atoms with van der Waals surface area (Å²) in [7, 11) is 0. The molecule has 1 heterocycles. The van der Waals surface area contributed by atoms with Crippen LogP contribution in [0.25, 0.3) is 0 Å². The van der Waals surface area contributed by atoms with E-state index in [2.05, 4.69) is 40.4 Å². The zero-order chi connectivity index (χ0) is 15.0. The SMILES string of the molecule is CCCOc1nc(N)nc(NCC(CC)(CC)SC)n1. The molecule has 0 bridgehead atoms. The van der Waals surface area contributed by atoms with Crippen molar-refractivity contribution in [2.24, 2.45) is 0 Å². The van der Waals surface area contributed by atoms with E-state index in [4.69, 9.17) is 10.5 Å². The molecule has 0 saturated heterocycles. The molecule has 0 atom stereocenters. The maximum Gasteiger partial charge on any atom is 0.323 e. The van der Waals surface area contributed by atoms with E-state index < -0.39 is 0 Å². The van der Waals surface area contributed by atoms with Crippen LogP contribution in [0.1, 0.15) is 40.0 Å². The first kappa shape index (κ1) is 16.8. The zero-order valence-corrected chi connectivity index (χ0v) is 13.6. The minimum absolute atomic E-state index is 0.177. The normalized spacial score (nSPS) is 11.4. The molecule has 0 aliphatic carbocycles. The van der Waals surface area contributed by atoms with Gasteiger partial charge in [0.05, 0.1) is 6.61 Å². The lowest BCUT2D eigenvalue weighted by atomic mass is 10.0. The molecule has 0 unspecified atom stereocenters. The number of thioether (sulfide) groups is 1. The van der Waals surface area contributed by atoms with Gasteiger partial charge in [0, 0.05) is 11.3 Å². The highest BCUT2D eigenvalue weighted by Crippen LogP contribution is 2.30. The highest BCUT2D eigenvalue weighted by molar-refractivity contribution is 8.00. The minimum Gasteiger partial charge on any atom is -0.463 e. The third-order valence-electron chi connectivity index (χ3n) is 3.36. The fraction of sp³-hybridized carbons (Fsp3) is 0.769. The van der Waals surface area contributed by atoms with Crippen molar-refractivity contribution in [3.8, 4) is 6.01 Å². The first-order valence-corrected chi connectivity index (χ1v) is 8.25. The molecule has 114 valence electrons. The van der Waals surface area contributed by atoms with E-state index in [0.29, 0.717) is 12.6 Å². The van der Waals surface area contributed by atoms with Crippen molar-refractivity contribution in [3.63, 3.8) is 0 Å². The molecule has 6 nitrogen and oxygen atoms in total. The number of ether oxygens (including phenoxy) is 1. The molecular weight excluding hydrogens is 274 g/mol. The molecule has 0 amide bonds. The number of nitrogens with zero attached hydrogens (tertiary/aromatic N) is 3. The average Bonchev–Trinajstić information content (AvgIpc) is 2.47. The first-order valence-electron chi connectivity index (χ1n) is 7.02. The molecule has 20 heavy (non-hydrogen) atoms. The molecule has 0 spiro atoms. The Bertz CT molecular complexity index is 403. The van der Waals surface area contributed by atoms with Gasteiger partial charge in [0.1, 0.15) is 0 Å². The van der Waals surface area contributed by atoms with E-state index in [1.807, 2.05) is 18.7 Å². The first-order chi connectivity index (χ1) is 9.59. The van der Waals surface area contributed by atoms with E-state index in [-0.39, 0.29) is 16.7 Å². The van der Waals surface area contributed by atoms with Crippen LogP contribution in [0.2, 0.25) is 0 Å². The summed E-state index contributed by atoms with van der Waals surface area (Å²) >= 11 is 1.86. The molecule has 0 aromatic carbocycles. The fourth-order valence-electron chi connectivity index (χ4n) is 1.81. The third kappa shape index (κ3) is 4.70. The Kier molecular flexibility index (Phi) is 6.84. The van der Waals surface area contributed by atoms with Crippen LogP contribution in [0, 0.1) is 0 Å². The maximum atomic E-state index is 5.68. The van der Waals surface area contributed by atoms with Gasteiger partial charge in [-0.1, -0.05) is 20.8 Å². The molecule has 0 aliphatic heterocycles. The van der Waals surface area contributed by atoms with E-state index >= 15 is 0 Å². The second-order valence-electron chi connectivity index (χ2n) is 4.60. The highest BCUT2D eigenvalue weighted by atomic mass is 32.2. The number of aromatic nitrogens is 3. The van der Waals surface area contributed by atoms with Crippen molar-refractivity contribution in [1.29, 1.82) is 0 Å². The molecule has 7 heteroatoms. The van der Waals surface area contributed by atoms with Gasteiger partial charge >= 0.3 is 6.01 Å². The lowest BCUT2D eigenvalue weighted by molar-refractivity contribution is 0.292. The van der Waals surface area contributed by atoms with Gasteiger partial charge in [0.2, 0.25) is 11.9 Å². The summed E-state index contributed by atoms with van der Waals surface area (Å²) in [6, 6.07) is 0.282. The van der Waals surface area contributed by atoms with Crippen molar-refractivity contribution in [2.45, 2.75) is 44.8 Å². The van der Waals surface area contributed by atoms with Crippen LogP contribution in [0.15, 0.2) is 0 Å². The molecule has 1 aromatic heterocycles. The predicted octanol–water partition coefficient (Wildman–Crippen LogP) is 2.58. The van der Waals surface area contributed by atoms with Crippen molar-refractivity contribution >= 4 is 23.7 Å². The molecule has 0 saturated carbocycles. The van der Waals surface area contributed by atoms with Crippen molar-refractivity contribution in [3.05, 3.63) is 0 Å². The number of nitrogens with one attached hydrogen (secondary N) is 1. The van der Waals surface area contributed by atoms with Gasteiger partial charge in [-0.2, -0.15) is 26.7 Å². The van der Waals surface area contributed by atoms with Crippen LogP contribution in [-0.4, -0.2) is 39.1 Å². The molecule has 0 radical (unpaired) electrons. The smallest absolute Gasteiger partial charge is 0.323 e. The second kappa shape index (κ2) is 8.14. The Balaban J connectivity index is 2.74. The maximum absolute atomic E-state index is 5.68. The number of rotatable bonds is 9. The second-order valence-corrected chi connectivity index (χ2v) is 5.87. The van der Waals surface area contributed by atoms with Gasteiger partial charge in [0.25, 0.3) is 0 Å². The molecule has 0 fully saturated rings. The summed E-state index contributed by atoms with van der Waals surface area (Å²) in [5.41, 5.74) is 5.68. The van der Waals surface area contributed by atoms with Crippen LogP contribution < -0.4 is 15.8 Å². The summed E-state index contributed by atoms with van der Waals surface area (Å²) in [6.07, 6.45) is 5.19. The van der Waals surface area contributed by atoms with Gasteiger partial charge in [0.15, 0.2) is 0 Å². The van der Waals surface area contributed by atoms with Crippen LogP contribution in [0.5, 0.6) is 6.01 Å². The average molecular weight is 299 g/mol. The Morgan fingerprint density at radius 2 is 1.90 bits per heavy atom. The summed E-state index contributed by atoms with van der Waals surface area (Å²) in [5, 5.41) is 3.25. The molecule has 1 rings (SSSR count). The van der Waals surface area contributed by atoms with Crippen LogP contribution in [-0.2, 0) is 0 Å². The van der Waals surface area contributed by atoms with Gasteiger partial charge in [-0.15, -0.1) is 0 Å². The third-order valence-corrected chi connectivity index (χ3v) is 4.95. The van der Waals surface area contributed by atoms with Crippen molar-refractivity contribution < 1.29 is 4.74 Å². The predicted molar refractivity (Wildman–Crippen MR) is 85.3 cm³/mol. The van der Waals surface area contributed by atoms with E-state index in [1.54, 1.807) is 0 Å². The fourth-order valence-corrected chi connectivity index (χ4v) is 2.60. The van der Waals surface area contributed by atoms with Crippen molar-refractivity contribution in [1.82, 2.24) is 15.0 Å². The number of nitrogens with two attached hydrogens (primary N) is 1. The van der Waals surface area contributed by atoms with Crippen LogP contribution >= 0.6 is 11.8 Å². The van der Waals surface area contributed by atoms with Gasteiger partial charge in [-0.3, -0.25) is 0 Å². The van der Waals surface area contributed by atoms with E-state index in [1.165, 1.54) is 0 Å².